The van der Waals surface area contributed by atoms with Gasteiger partial charge in [-0.1, -0.05) is 18.2 Å². The number of aryl methyl sites for hydroxylation is 1. The van der Waals surface area contributed by atoms with Crippen LogP contribution in [0.3, 0.4) is 0 Å². The van der Waals surface area contributed by atoms with Crippen molar-refractivity contribution in [3.63, 3.8) is 0 Å². The molecule has 140 valence electrons. The lowest BCUT2D eigenvalue weighted by Gasteiger charge is -2.11. The van der Waals surface area contributed by atoms with Gasteiger partial charge in [0.05, 0.1) is 16.8 Å². The van der Waals surface area contributed by atoms with Crippen molar-refractivity contribution in [3.05, 3.63) is 77.6 Å². The van der Waals surface area contributed by atoms with Gasteiger partial charge in [0, 0.05) is 17.0 Å². The van der Waals surface area contributed by atoms with Gasteiger partial charge in [-0.3, -0.25) is 4.98 Å². The van der Waals surface area contributed by atoms with Gasteiger partial charge in [-0.25, -0.2) is 9.18 Å². The molecule has 6 nitrogen and oxygen atoms in total. The number of carbonyl (C=O) groups is 1. The van der Waals surface area contributed by atoms with E-state index >= 15 is 0 Å². The van der Waals surface area contributed by atoms with Crippen LogP contribution in [0.25, 0.3) is 22.4 Å². The van der Waals surface area contributed by atoms with Gasteiger partial charge in [0.2, 0.25) is 5.89 Å². The number of aromatic nitrogens is 3. The predicted octanol–water partition coefficient (Wildman–Crippen LogP) is 4.65. The first-order valence-corrected chi connectivity index (χ1v) is 8.68. The Morgan fingerprint density at radius 1 is 1.11 bits per heavy atom. The molecular weight excluding hydrogens is 361 g/mol. The summed E-state index contributed by atoms with van der Waals surface area (Å²) in [5.74, 6) is -0.401. The second-order valence-electron chi connectivity index (χ2n) is 6.32. The number of benzene rings is 2. The standard InChI is InChI=1S/C21H16FN3O3/c1-12-17(10-15-8-9-16(22)11-18(15)23-12)21(26)27-13(2)19-24-25-20(28-19)14-6-4-3-5-7-14/h3-11,13H,1-2H3. The third kappa shape index (κ3) is 3.46. The molecule has 2 heterocycles. The Morgan fingerprint density at radius 3 is 2.68 bits per heavy atom. The van der Waals surface area contributed by atoms with Crippen LogP contribution in [0.1, 0.15) is 35.0 Å². The maximum Gasteiger partial charge on any atom is 0.340 e. The first kappa shape index (κ1) is 17.8. The number of halogens is 1. The van der Waals surface area contributed by atoms with Crippen LogP contribution in [0.15, 0.2) is 59.0 Å². The molecule has 0 spiro atoms. The Hall–Kier alpha value is -3.61. The number of fused-ring (bicyclic) bond motifs is 1. The number of hydrogen-bond donors (Lipinski definition) is 0. The Balaban J connectivity index is 1.55. The van der Waals surface area contributed by atoms with E-state index in [4.69, 9.17) is 9.15 Å². The molecule has 4 rings (SSSR count). The quantitative estimate of drug-likeness (QED) is 0.482. The summed E-state index contributed by atoms with van der Waals surface area (Å²) in [5, 5.41) is 8.62. The van der Waals surface area contributed by atoms with E-state index in [0.29, 0.717) is 28.1 Å². The van der Waals surface area contributed by atoms with Crippen molar-refractivity contribution in [2.75, 3.05) is 0 Å². The lowest BCUT2D eigenvalue weighted by Crippen LogP contribution is -2.12. The molecule has 0 saturated heterocycles. The normalized spacial score (nSPS) is 12.1. The van der Waals surface area contributed by atoms with Crippen LogP contribution in [0.4, 0.5) is 4.39 Å². The van der Waals surface area contributed by atoms with Gasteiger partial charge < -0.3 is 9.15 Å². The van der Waals surface area contributed by atoms with Crippen LogP contribution in [-0.2, 0) is 4.74 Å². The Labute approximate surface area is 160 Å². The number of pyridine rings is 1. The van der Waals surface area contributed by atoms with E-state index in [0.717, 1.165) is 5.56 Å². The van der Waals surface area contributed by atoms with E-state index in [1.165, 1.54) is 12.1 Å². The zero-order chi connectivity index (χ0) is 19.7. The second kappa shape index (κ2) is 7.19. The number of hydrogen-bond acceptors (Lipinski definition) is 6. The molecule has 28 heavy (non-hydrogen) atoms. The minimum Gasteiger partial charge on any atom is -0.449 e. The van der Waals surface area contributed by atoms with Crippen molar-refractivity contribution in [2.24, 2.45) is 0 Å². The molecule has 0 radical (unpaired) electrons. The summed E-state index contributed by atoms with van der Waals surface area (Å²) in [6.07, 6.45) is -0.735. The predicted molar refractivity (Wildman–Crippen MR) is 100 cm³/mol. The lowest BCUT2D eigenvalue weighted by atomic mass is 10.1. The van der Waals surface area contributed by atoms with Gasteiger partial charge in [-0.2, -0.15) is 0 Å². The average molecular weight is 377 g/mol. The fourth-order valence-corrected chi connectivity index (χ4v) is 2.81. The van der Waals surface area contributed by atoms with E-state index in [1.54, 1.807) is 26.0 Å². The Kier molecular flexibility index (Phi) is 4.57. The van der Waals surface area contributed by atoms with Gasteiger partial charge in [0.1, 0.15) is 5.82 Å². The molecule has 0 aliphatic rings. The van der Waals surface area contributed by atoms with Crippen molar-refractivity contribution < 1.29 is 18.3 Å². The Morgan fingerprint density at radius 2 is 1.89 bits per heavy atom. The van der Waals surface area contributed by atoms with Crippen LogP contribution in [0.2, 0.25) is 0 Å². The van der Waals surface area contributed by atoms with E-state index in [9.17, 15) is 9.18 Å². The number of nitrogens with zero attached hydrogens (tertiary/aromatic N) is 3. The van der Waals surface area contributed by atoms with E-state index < -0.39 is 12.1 Å². The number of rotatable bonds is 4. The van der Waals surface area contributed by atoms with Crippen molar-refractivity contribution in [2.45, 2.75) is 20.0 Å². The van der Waals surface area contributed by atoms with Gasteiger partial charge >= 0.3 is 5.97 Å². The third-order valence-electron chi connectivity index (χ3n) is 4.28. The molecule has 1 unspecified atom stereocenters. The molecule has 0 saturated carbocycles. The SMILES string of the molecule is Cc1nc2cc(F)ccc2cc1C(=O)OC(C)c1nnc(-c2ccccc2)o1. The van der Waals surface area contributed by atoms with E-state index in [1.807, 2.05) is 30.3 Å². The van der Waals surface area contributed by atoms with Crippen LogP contribution in [0, 0.1) is 12.7 Å². The van der Waals surface area contributed by atoms with E-state index in [2.05, 4.69) is 15.2 Å². The topological polar surface area (TPSA) is 78.1 Å². The van der Waals surface area contributed by atoms with Crippen LogP contribution in [-0.4, -0.2) is 21.2 Å². The number of ether oxygens (including phenoxy) is 1. The fourth-order valence-electron chi connectivity index (χ4n) is 2.81. The summed E-state index contributed by atoms with van der Waals surface area (Å²) in [5.41, 5.74) is 2.01. The molecule has 0 fully saturated rings. The first-order chi connectivity index (χ1) is 13.5. The molecular formula is C21H16FN3O3. The minimum atomic E-state index is -0.735. The number of carbonyl (C=O) groups excluding carboxylic acids is 1. The van der Waals surface area contributed by atoms with Crippen molar-refractivity contribution in [1.82, 2.24) is 15.2 Å². The zero-order valence-corrected chi connectivity index (χ0v) is 15.2. The molecule has 7 heteroatoms. The highest BCUT2D eigenvalue weighted by Crippen LogP contribution is 2.24. The van der Waals surface area contributed by atoms with Crippen LogP contribution < -0.4 is 0 Å². The molecule has 4 aromatic rings. The van der Waals surface area contributed by atoms with Gasteiger partial charge in [0.15, 0.2) is 6.10 Å². The summed E-state index contributed by atoms with van der Waals surface area (Å²) in [6, 6.07) is 15.2. The minimum absolute atomic E-state index is 0.195. The molecule has 0 amide bonds. The maximum absolute atomic E-state index is 13.4. The summed E-state index contributed by atoms with van der Waals surface area (Å²) in [6.45, 7) is 3.32. The molecule has 0 N–H and O–H groups in total. The molecule has 0 aliphatic heterocycles. The molecule has 0 aliphatic carbocycles. The maximum atomic E-state index is 13.4. The number of esters is 1. The third-order valence-corrected chi connectivity index (χ3v) is 4.28. The van der Waals surface area contributed by atoms with Crippen molar-refractivity contribution in [1.29, 1.82) is 0 Å². The lowest BCUT2D eigenvalue weighted by molar-refractivity contribution is 0.0278. The van der Waals surface area contributed by atoms with Gasteiger partial charge in [0.25, 0.3) is 5.89 Å². The van der Waals surface area contributed by atoms with Crippen molar-refractivity contribution >= 4 is 16.9 Å². The summed E-state index contributed by atoms with van der Waals surface area (Å²) < 4.78 is 24.5. The largest absolute Gasteiger partial charge is 0.449 e. The van der Waals surface area contributed by atoms with Crippen LogP contribution >= 0.6 is 0 Å². The van der Waals surface area contributed by atoms with Crippen molar-refractivity contribution in [3.8, 4) is 11.5 Å². The highest BCUT2D eigenvalue weighted by molar-refractivity contribution is 5.95. The fraction of sp³-hybridized carbons (Fsp3) is 0.143. The molecule has 2 aromatic heterocycles. The first-order valence-electron chi connectivity index (χ1n) is 8.68. The smallest absolute Gasteiger partial charge is 0.340 e. The second-order valence-corrected chi connectivity index (χ2v) is 6.32. The summed E-state index contributed by atoms with van der Waals surface area (Å²) in [7, 11) is 0. The average Bonchev–Trinajstić information content (AvgIpc) is 3.18. The zero-order valence-electron chi connectivity index (χ0n) is 15.2. The monoisotopic (exact) mass is 377 g/mol. The molecule has 2 aromatic carbocycles. The van der Waals surface area contributed by atoms with Crippen LogP contribution in [0.5, 0.6) is 0 Å². The van der Waals surface area contributed by atoms with E-state index in [-0.39, 0.29) is 11.7 Å². The summed E-state index contributed by atoms with van der Waals surface area (Å²) in [4.78, 5) is 16.9. The highest BCUT2D eigenvalue weighted by atomic mass is 19.1. The highest BCUT2D eigenvalue weighted by Gasteiger charge is 2.21. The summed E-state index contributed by atoms with van der Waals surface area (Å²) >= 11 is 0. The molecule has 0 bridgehead atoms. The van der Waals surface area contributed by atoms with Gasteiger partial charge in [-0.15, -0.1) is 10.2 Å². The Bertz CT molecular complexity index is 1160. The molecule has 1 atom stereocenters. The van der Waals surface area contributed by atoms with Gasteiger partial charge in [-0.05, 0) is 44.2 Å².